The smallest absolute Gasteiger partial charge is 0.295 e. The van der Waals surface area contributed by atoms with E-state index in [2.05, 4.69) is 20.8 Å². The highest BCUT2D eigenvalue weighted by atomic mass is 16.5. The Kier molecular flexibility index (Phi) is 6.08. The van der Waals surface area contributed by atoms with E-state index in [0.717, 1.165) is 42.4 Å². The van der Waals surface area contributed by atoms with Gasteiger partial charge < -0.3 is 14.7 Å². The fraction of sp³-hybridized carbons (Fsp3) is 0.429. The van der Waals surface area contributed by atoms with E-state index in [4.69, 9.17) is 4.74 Å². The molecule has 33 heavy (non-hydrogen) atoms. The highest BCUT2D eigenvalue weighted by Gasteiger charge is 2.49. The molecule has 4 rings (SSSR count). The van der Waals surface area contributed by atoms with Crippen LogP contribution in [0.2, 0.25) is 0 Å². The van der Waals surface area contributed by atoms with Crippen LogP contribution in [0.1, 0.15) is 74.8 Å². The van der Waals surface area contributed by atoms with Crippen molar-refractivity contribution in [2.24, 2.45) is 0 Å². The molecule has 5 heteroatoms. The number of aryl methyl sites for hydroxylation is 1. The summed E-state index contributed by atoms with van der Waals surface area (Å²) >= 11 is 0. The van der Waals surface area contributed by atoms with Gasteiger partial charge in [-0.25, -0.2) is 0 Å². The molecule has 1 aliphatic heterocycles. The van der Waals surface area contributed by atoms with E-state index in [9.17, 15) is 14.7 Å². The summed E-state index contributed by atoms with van der Waals surface area (Å²) in [5.74, 6) is -0.867. The fourth-order valence-electron chi connectivity index (χ4n) is 5.08. The van der Waals surface area contributed by atoms with E-state index < -0.39 is 17.7 Å². The molecular weight excluding hydrogens is 414 g/mol. The van der Waals surface area contributed by atoms with Crippen LogP contribution in [-0.4, -0.2) is 34.8 Å². The van der Waals surface area contributed by atoms with E-state index in [1.165, 1.54) is 7.11 Å². The lowest BCUT2D eigenvalue weighted by atomic mass is 9.85. The zero-order valence-electron chi connectivity index (χ0n) is 20.1. The summed E-state index contributed by atoms with van der Waals surface area (Å²) in [6, 6.07) is 12.9. The second-order valence-corrected chi connectivity index (χ2v) is 10.2. The molecule has 174 valence electrons. The third-order valence-corrected chi connectivity index (χ3v) is 6.88. The number of Topliss-reactive ketones (excluding diaryl/α,β-unsaturated/α-hetero) is 1. The van der Waals surface area contributed by atoms with Crippen LogP contribution in [0.4, 0.5) is 0 Å². The molecule has 0 aromatic heterocycles. The highest BCUT2D eigenvalue weighted by molar-refractivity contribution is 6.46. The van der Waals surface area contributed by atoms with Gasteiger partial charge in [-0.3, -0.25) is 9.59 Å². The van der Waals surface area contributed by atoms with Crippen LogP contribution in [-0.2, 0) is 15.0 Å². The molecule has 5 nitrogen and oxygen atoms in total. The first kappa shape index (κ1) is 23.1. The van der Waals surface area contributed by atoms with Crippen LogP contribution >= 0.6 is 0 Å². The van der Waals surface area contributed by atoms with Crippen molar-refractivity contribution in [2.45, 2.75) is 70.9 Å². The molecule has 1 unspecified atom stereocenters. The second kappa shape index (κ2) is 8.69. The third-order valence-electron chi connectivity index (χ3n) is 6.88. The Labute approximate surface area is 196 Å². The van der Waals surface area contributed by atoms with Crippen LogP contribution in [0.25, 0.3) is 5.76 Å². The van der Waals surface area contributed by atoms with Gasteiger partial charge in [-0.15, -0.1) is 0 Å². The molecule has 1 amide bonds. The summed E-state index contributed by atoms with van der Waals surface area (Å²) in [5.41, 5.74) is 3.30. The first-order valence-electron chi connectivity index (χ1n) is 11.7. The van der Waals surface area contributed by atoms with Crippen molar-refractivity contribution in [3.8, 4) is 5.75 Å². The molecule has 1 atom stereocenters. The average Bonchev–Trinajstić information content (AvgIpc) is 3.39. The van der Waals surface area contributed by atoms with Crippen molar-refractivity contribution in [1.82, 2.24) is 4.90 Å². The van der Waals surface area contributed by atoms with Gasteiger partial charge in [-0.1, -0.05) is 69.5 Å². The van der Waals surface area contributed by atoms with Gasteiger partial charge >= 0.3 is 0 Å². The number of ketones is 1. The maximum Gasteiger partial charge on any atom is 0.295 e. The Balaban J connectivity index is 1.95. The van der Waals surface area contributed by atoms with Gasteiger partial charge in [0.1, 0.15) is 11.5 Å². The molecule has 2 aliphatic rings. The third kappa shape index (κ3) is 4.17. The minimum absolute atomic E-state index is 0.0000623. The molecule has 1 saturated heterocycles. The number of aliphatic hydroxyl groups is 1. The maximum atomic E-state index is 13.4. The number of carbonyl (C=O) groups is 2. The number of rotatable bonds is 4. The molecule has 2 aromatic carbocycles. The zero-order valence-corrected chi connectivity index (χ0v) is 20.1. The normalized spacial score (nSPS) is 21.1. The highest BCUT2D eigenvalue weighted by Crippen LogP contribution is 2.45. The Morgan fingerprint density at radius 3 is 2.36 bits per heavy atom. The first-order valence-corrected chi connectivity index (χ1v) is 11.7. The molecule has 0 spiro atoms. The number of hydrogen-bond acceptors (Lipinski definition) is 4. The summed E-state index contributed by atoms with van der Waals surface area (Å²) in [7, 11) is 1.54. The number of carbonyl (C=O) groups excluding carboxylic acids is 2. The summed E-state index contributed by atoms with van der Waals surface area (Å²) in [6.45, 7) is 8.25. The molecule has 2 fully saturated rings. The Hall–Kier alpha value is -3.08. The lowest BCUT2D eigenvalue weighted by molar-refractivity contribution is -0.141. The number of hydrogen-bond donors (Lipinski definition) is 1. The molecular formula is C28H33NO4. The number of nitrogens with zero attached hydrogens (tertiary/aromatic N) is 1. The standard InChI is InChI=1S/C28H33NO4/c1-17-9-8-10-18(15-17)24-23(26(31)27(32)29(24)20-11-6-7-12-20)25(30)21-16-19(28(2,3)4)13-14-22(21)33-5/h8-10,13-16,20,24,30H,6-7,11-12H2,1-5H3/b25-23+. The van der Waals surface area contributed by atoms with E-state index in [0.29, 0.717) is 11.3 Å². The topological polar surface area (TPSA) is 66.8 Å². The maximum absolute atomic E-state index is 13.4. The van der Waals surface area contributed by atoms with Crippen LogP contribution < -0.4 is 4.74 Å². The summed E-state index contributed by atoms with van der Waals surface area (Å²) in [6.07, 6.45) is 3.82. The number of aliphatic hydroxyl groups excluding tert-OH is 1. The predicted molar refractivity (Wildman–Crippen MR) is 129 cm³/mol. The molecule has 1 saturated carbocycles. The summed E-state index contributed by atoms with van der Waals surface area (Å²) in [4.78, 5) is 28.4. The van der Waals surface area contributed by atoms with Gasteiger partial charge in [0.05, 0.1) is 24.3 Å². The van der Waals surface area contributed by atoms with Gasteiger partial charge in [0.15, 0.2) is 0 Å². The molecule has 0 bridgehead atoms. The lowest BCUT2D eigenvalue weighted by Crippen LogP contribution is -2.37. The van der Waals surface area contributed by atoms with Crippen molar-refractivity contribution in [2.75, 3.05) is 7.11 Å². The van der Waals surface area contributed by atoms with E-state index in [-0.39, 0.29) is 22.8 Å². The lowest BCUT2D eigenvalue weighted by Gasteiger charge is -2.31. The Morgan fingerprint density at radius 2 is 1.76 bits per heavy atom. The number of methoxy groups -OCH3 is 1. The zero-order chi connectivity index (χ0) is 23.9. The number of benzene rings is 2. The van der Waals surface area contributed by atoms with Gasteiger partial charge in [0.25, 0.3) is 11.7 Å². The van der Waals surface area contributed by atoms with Gasteiger partial charge in [0.2, 0.25) is 0 Å². The molecule has 0 radical (unpaired) electrons. The largest absolute Gasteiger partial charge is 0.507 e. The molecule has 1 heterocycles. The van der Waals surface area contributed by atoms with Crippen LogP contribution in [0.5, 0.6) is 5.75 Å². The molecule has 2 aromatic rings. The number of ether oxygens (including phenoxy) is 1. The van der Waals surface area contributed by atoms with Crippen molar-refractivity contribution >= 4 is 17.4 Å². The van der Waals surface area contributed by atoms with E-state index in [1.54, 1.807) is 4.90 Å². The van der Waals surface area contributed by atoms with E-state index >= 15 is 0 Å². The van der Waals surface area contributed by atoms with Crippen molar-refractivity contribution < 1.29 is 19.4 Å². The Bertz CT molecular complexity index is 1120. The Morgan fingerprint density at radius 1 is 1.06 bits per heavy atom. The first-order chi connectivity index (χ1) is 15.6. The number of likely N-dealkylation sites (tertiary alicyclic amines) is 1. The second-order valence-electron chi connectivity index (χ2n) is 10.2. The van der Waals surface area contributed by atoms with Crippen molar-refractivity contribution in [3.05, 3.63) is 70.3 Å². The minimum Gasteiger partial charge on any atom is -0.507 e. The quantitative estimate of drug-likeness (QED) is 0.373. The SMILES string of the molecule is COc1ccc(C(C)(C)C)cc1/C(O)=C1\C(=O)C(=O)N(C2CCCC2)C1c1cccc(C)c1. The minimum atomic E-state index is -0.630. The van der Waals surface area contributed by atoms with Gasteiger partial charge in [0, 0.05) is 6.04 Å². The monoisotopic (exact) mass is 447 g/mol. The van der Waals surface area contributed by atoms with Crippen molar-refractivity contribution in [1.29, 1.82) is 0 Å². The van der Waals surface area contributed by atoms with Crippen molar-refractivity contribution in [3.63, 3.8) is 0 Å². The summed E-state index contributed by atoms with van der Waals surface area (Å²) < 4.78 is 5.54. The number of amides is 1. The van der Waals surface area contributed by atoms with E-state index in [1.807, 2.05) is 49.4 Å². The fourth-order valence-corrected chi connectivity index (χ4v) is 5.08. The summed E-state index contributed by atoms with van der Waals surface area (Å²) in [5, 5.41) is 11.6. The van der Waals surface area contributed by atoms with Crippen LogP contribution in [0.3, 0.4) is 0 Å². The molecule has 1 aliphatic carbocycles. The van der Waals surface area contributed by atoms with Crippen LogP contribution in [0, 0.1) is 6.92 Å². The predicted octanol–water partition coefficient (Wildman–Crippen LogP) is 5.67. The molecule has 1 N–H and O–H groups in total. The average molecular weight is 448 g/mol. The van der Waals surface area contributed by atoms with Crippen LogP contribution in [0.15, 0.2) is 48.0 Å². The van der Waals surface area contributed by atoms with Gasteiger partial charge in [-0.05, 0) is 48.4 Å². The van der Waals surface area contributed by atoms with Gasteiger partial charge in [-0.2, -0.15) is 0 Å².